The third-order valence-electron chi connectivity index (χ3n) is 0.307. The van der Waals surface area contributed by atoms with E-state index in [1.165, 1.54) is 0 Å². The van der Waals surface area contributed by atoms with Crippen LogP contribution in [-0.4, -0.2) is 22.1 Å². The lowest BCUT2D eigenvalue weighted by Gasteiger charge is -1.82. The van der Waals surface area contributed by atoms with Crippen LogP contribution in [0.1, 0.15) is 0 Å². The highest BCUT2D eigenvalue weighted by atomic mass is 28.1. The average Bonchev–Trinajstić information content (AvgIpc) is 1.36. The van der Waals surface area contributed by atoms with Crippen LogP contribution in [0.4, 0.5) is 8.78 Å². The normalized spacial score (nSPS) is 9.83. The van der Waals surface area contributed by atoms with Gasteiger partial charge in [0.1, 0.15) is 0 Å². The van der Waals surface area contributed by atoms with Crippen LogP contribution in [0.15, 0.2) is 0 Å². The van der Waals surface area contributed by atoms with Crippen LogP contribution in [0.25, 0.3) is 0 Å². The van der Waals surface area contributed by atoms with E-state index in [2.05, 4.69) is 0 Å². The maximum Gasteiger partial charge on any atom is 0.290 e. The van der Waals surface area contributed by atoms with E-state index in [4.69, 9.17) is 0 Å². The molecule has 6 heavy (non-hydrogen) atoms. The summed E-state index contributed by atoms with van der Waals surface area (Å²) in [7, 11) is -0.0355. The van der Waals surface area contributed by atoms with E-state index in [0.717, 1.165) is 0 Å². The zero-order valence-corrected chi connectivity index (χ0v) is 5.24. The summed E-state index contributed by atoms with van der Waals surface area (Å²) < 4.78 is 21.7. The van der Waals surface area contributed by atoms with Crippen molar-refractivity contribution in [2.24, 2.45) is 0 Å². The van der Waals surface area contributed by atoms with E-state index in [-0.39, 0.29) is 10.2 Å². The third kappa shape index (κ3) is 2.01. The molecule has 0 aliphatic heterocycles. The number of carbonyl (C=O) groups is 1. The lowest BCUT2D eigenvalue weighted by molar-refractivity contribution is -0.121. The minimum Gasteiger partial charge on any atom is -0.300 e. The van der Waals surface area contributed by atoms with Crippen molar-refractivity contribution in [3.8, 4) is 0 Å². The number of carbonyl (C=O) groups excluding carboxylic acids is 1. The van der Waals surface area contributed by atoms with Gasteiger partial charge in [0.05, 0.1) is 10.2 Å². The van der Waals surface area contributed by atoms with Gasteiger partial charge in [-0.1, -0.05) is 0 Å². The smallest absolute Gasteiger partial charge is 0.290 e. The van der Waals surface area contributed by atoms with Gasteiger partial charge in [0.2, 0.25) is 0 Å². The predicted molar refractivity (Wildman–Crippen MR) is 20.9 cm³/mol. The van der Waals surface area contributed by atoms with Gasteiger partial charge in [0.25, 0.3) is 6.43 Å². The molecule has 0 N–H and O–H groups in total. The maximum atomic E-state index is 10.8. The van der Waals surface area contributed by atoms with E-state index in [9.17, 15) is 13.6 Å². The van der Waals surface area contributed by atoms with Gasteiger partial charge in [-0.05, 0) is 0 Å². The summed E-state index contributed by atoms with van der Waals surface area (Å²) >= 11 is 0. The highest BCUT2D eigenvalue weighted by Gasteiger charge is 2.05. The molecule has 36 valence electrons. The Bertz CT molecular complexity index is 62.6. The van der Waals surface area contributed by atoms with Crippen molar-refractivity contribution in [2.75, 3.05) is 0 Å². The van der Waals surface area contributed by atoms with Gasteiger partial charge < -0.3 is 4.79 Å². The Labute approximate surface area is 36.8 Å². The van der Waals surface area contributed by atoms with Crippen LogP contribution in [-0.2, 0) is 4.79 Å². The second-order valence-electron chi connectivity index (χ2n) is 0.911. The van der Waals surface area contributed by atoms with Gasteiger partial charge in [0.15, 0.2) is 5.41 Å². The highest BCUT2D eigenvalue weighted by Crippen LogP contribution is 1.87. The zero-order chi connectivity index (χ0) is 5.15. The molecule has 0 amide bonds. The van der Waals surface area contributed by atoms with Gasteiger partial charge in [-0.2, -0.15) is 0 Å². The summed E-state index contributed by atoms with van der Waals surface area (Å²) in [5.74, 6) is 0. The van der Waals surface area contributed by atoms with Crippen LogP contribution in [0, 0.1) is 0 Å². The van der Waals surface area contributed by atoms with E-state index < -0.39 is 11.8 Å². The van der Waals surface area contributed by atoms with Crippen molar-refractivity contribution in [1.82, 2.24) is 0 Å². The highest BCUT2D eigenvalue weighted by molar-refractivity contribution is 6.58. The number of hydrogen-bond acceptors (Lipinski definition) is 1. The van der Waals surface area contributed by atoms with Gasteiger partial charge in [0, 0.05) is 0 Å². The summed E-state index contributed by atoms with van der Waals surface area (Å²) in [6.45, 7) is 0. The minimum absolute atomic E-state index is 0.0355. The number of rotatable bonds is 1. The fourth-order valence-electron chi connectivity index (χ4n) is 0. The van der Waals surface area contributed by atoms with E-state index >= 15 is 0 Å². The third-order valence-corrected chi connectivity index (χ3v) is 0.744. The van der Waals surface area contributed by atoms with Gasteiger partial charge in [-0.25, -0.2) is 8.78 Å². The van der Waals surface area contributed by atoms with E-state index in [0.29, 0.717) is 0 Å². The quantitative estimate of drug-likeness (QED) is 0.401. The Morgan fingerprint density at radius 2 is 1.83 bits per heavy atom. The Kier molecular flexibility index (Phi) is 1.93. The Balaban J connectivity index is 3.26. The van der Waals surface area contributed by atoms with Crippen molar-refractivity contribution in [3.63, 3.8) is 0 Å². The molecule has 0 aromatic carbocycles. The number of halogens is 2. The summed E-state index contributed by atoms with van der Waals surface area (Å²) in [4.78, 5) is 9.46. The van der Waals surface area contributed by atoms with Crippen LogP contribution in [0.2, 0.25) is 0 Å². The molecular weight excluding hydrogens is 106 g/mol. The molecule has 0 aliphatic rings. The van der Waals surface area contributed by atoms with Crippen LogP contribution >= 0.6 is 0 Å². The van der Waals surface area contributed by atoms with Crippen LogP contribution in [0.5, 0.6) is 0 Å². The molecular formula is C2H4F2OSi. The summed E-state index contributed by atoms with van der Waals surface area (Å²) in [5, 5.41) is -0.935. The molecule has 0 saturated heterocycles. The lowest BCUT2D eigenvalue weighted by atomic mass is 10.8. The maximum absolute atomic E-state index is 10.8. The summed E-state index contributed by atoms with van der Waals surface area (Å²) in [6, 6.07) is 0. The van der Waals surface area contributed by atoms with Gasteiger partial charge in [-0.3, -0.25) is 0 Å². The molecule has 0 spiro atoms. The Hall–Kier alpha value is -0.253. The molecule has 0 heterocycles. The number of hydrogen-bond donors (Lipinski definition) is 0. The fourth-order valence-corrected chi connectivity index (χ4v) is 0. The fraction of sp³-hybridized carbons (Fsp3) is 0.500. The number of alkyl halides is 2. The first-order chi connectivity index (χ1) is 2.64. The predicted octanol–water partition coefficient (Wildman–Crippen LogP) is -0.857. The van der Waals surface area contributed by atoms with Crippen molar-refractivity contribution in [3.05, 3.63) is 0 Å². The van der Waals surface area contributed by atoms with Crippen LogP contribution < -0.4 is 0 Å². The molecule has 4 heteroatoms. The van der Waals surface area contributed by atoms with Crippen molar-refractivity contribution >= 4 is 15.6 Å². The molecule has 0 unspecified atom stereocenters. The molecule has 0 saturated carbocycles. The second-order valence-corrected chi connectivity index (χ2v) is 1.90. The first kappa shape index (κ1) is 5.75. The molecule has 0 aromatic heterocycles. The molecule has 0 bridgehead atoms. The van der Waals surface area contributed by atoms with E-state index in [1.807, 2.05) is 0 Å². The molecule has 0 aliphatic carbocycles. The zero-order valence-electron chi connectivity index (χ0n) is 3.24. The molecule has 1 nitrogen and oxygen atoms in total. The lowest BCUT2D eigenvalue weighted by Crippen LogP contribution is -2.07. The largest absolute Gasteiger partial charge is 0.300 e. The van der Waals surface area contributed by atoms with Crippen LogP contribution in [0.3, 0.4) is 0 Å². The molecule has 0 fully saturated rings. The van der Waals surface area contributed by atoms with Gasteiger partial charge in [-0.15, -0.1) is 0 Å². The first-order valence-electron chi connectivity index (χ1n) is 1.43. The van der Waals surface area contributed by atoms with E-state index in [1.54, 1.807) is 0 Å². The average molecular weight is 110 g/mol. The Morgan fingerprint density at radius 3 is 1.83 bits per heavy atom. The second kappa shape index (κ2) is 2.02. The minimum atomic E-state index is -2.73. The van der Waals surface area contributed by atoms with Crippen molar-refractivity contribution < 1.29 is 13.6 Å². The van der Waals surface area contributed by atoms with Gasteiger partial charge >= 0.3 is 0 Å². The standard InChI is InChI=1S/C2H4F2OSi/c3-1(4)2(5)6/h1H,6H3. The molecule has 0 rings (SSSR count). The van der Waals surface area contributed by atoms with Crippen molar-refractivity contribution in [2.45, 2.75) is 6.43 Å². The SMILES string of the molecule is O=C([SiH3])C(F)F. The Morgan fingerprint density at radius 1 is 1.67 bits per heavy atom. The monoisotopic (exact) mass is 110 g/mol. The van der Waals surface area contributed by atoms with Crippen molar-refractivity contribution in [1.29, 1.82) is 0 Å². The summed E-state index contributed by atoms with van der Waals surface area (Å²) in [6.07, 6.45) is -2.73. The molecule has 0 atom stereocenters. The topological polar surface area (TPSA) is 17.1 Å². The molecule has 0 aromatic rings. The first-order valence-corrected chi connectivity index (χ1v) is 2.43. The molecule has 0 radical (unpaired) electrons. The summed E-state index contributed by atoms with van der Waals surface area (Å²) in [5.41, 5.74) is 0.